The molecule has 5 rings (SSSR count). The molecule has 166 valence electrons. The van der Waals surface area contributed by atoms with Gasteiger partial charge in [0.05, 0.1) is 30.2 Å². The van der Waals surface area contributed by atoms with Gasteiger partial charge in [-0.3, -0.25) is 5.10 Å². The predicted octanol–water partition coefficient (Wildman–Crippen LogP) is 1.46. The number of sulfonamides is 1. The number of anilines is 1. The van der Waals surface area contributed by atoms with Gasteiger partial charge in [-0.25, -0.2) is 13.4 Å². The molecular weight excluding hydrogens is 418 g/mol. The van der Waals surface area contributed by atoms with Gasteiger partial charge in [0.1, 0.15) is 5.82 Å². The van der Waals surface area contributed by atoms with E-state index < -0.39 is 15.3 Å². The number of nitrogens with one attached hydrogen (secondary N) is 1. The lowest BCUT2D eigenvalue weighted by Gasteiger charge is -2.34. The van der Waals surface area contributed by atoms with Gasteiger partial charge < -0.3 is 9.64 Å². The minimum atomic E-state index is -3.39. The summed E-state index contributed by atoms with van der Waals surface area (Å²) in [7, 11) is -3.39. The van der Waals surface area contributed by atoms with Crippen molar-refractivity contribution >= 4 is 26.9 Å². The zero-order valence-electron chi connectivity index (χ0n) is 17.9. The van der Waals surface area contributed by atoms with E-state index in [0.29, 0.717) is 44.2 Å². The van der Waals surface area contributed by atoms with Gasteiger partial charge >= 0.3 is 0 Å². The van der Waals surface area contributed by atoms with Crippen molar-refractivity contribution in [3.63, 3.8) is 0 Å². The van der Waals surface area contributed by atoms with Gasteiger partial charge in [0.15, 0.2) is 11.5 Å². The van der Waals surface area contributed by atoms with Crippen molar-refractivity contribution in [1.82, 2.24) is 29.3 Å². The smallest absolute Gasteiger partial charge is 0.216 e. The molecule has 0 aliphatic carbocycles. The number of ether oxygens (including phenoxy) is 1. The van der Waals surface area contributed by atoms with Gasteiger partial charge in [0, 0.05) is 43.7 Å². The molecular formula is C20H27N7O3S. The Labute approximate surface area is 181 Å². The number of hydrogen-bond acceptors (Lipinski definition) is 7. The molecule has 10 nitrogen and oxygen atoms in total. The van der Waals surface area contributed by atoms with E-state index in [1.54, 1.807) is 29.0 Å². The van der Waals surface area contributed by atoms with E-state index in [1.807, 2.05) is 12.1 Å². The van der Waals surface area contributed by atoms with Gasteiger partial charge in [0.2, 0.25) is 10.0 Å². The molecule has 31 heavy (non-hydrogen) atoms. The predicted molar refractivity (Wildman–Crippen MR) is 117 cm³/mol. The number of H-pyrrole nitrogens is 1. The average Bonchev–Trinajstić information content (AvgIpc) is 3.34. The number of pyridine rings is 1. The SMILES string of the molecule is CC(C)S(=O)(=O)N1CCc2nn(-c3cc[nH]n3)c3nc(N4CCOC[C@H]4C)cc(c23)C1. The zero-order valence-corrected chi connectivity index (χ0v) is 18.8. The molecule has 0 bridgehead atoms. The lowest BCUT2D eigenvalue weighted by molar-refractivity contribution is 0.0985. The van der Waals surface area contributed by atoms with Crippen LogP contribution in [-0.4, -0.2) is 75.3 Å². The number of aromatic amines is 1. The maximum absolute atomic E-state index is 13.0. The molecule has 5 heterocycles. The van der Waals surface area contributed by atoms with Crippen molar-refractivity contribution in [2.45, 2.75) is 45.0 Å². The third-order valence-electron chi connectivity index (χ3n) is 6.04. The van der Waals surface area contributed by atoms with E-state index in [-0.39, 0.29) is 6.04 Å². The van der Waals surface area contributed by atoms with Crippen molar-refractivity contribution < 1.29 is 13.2 Å². The summed E-state index contributed by atoms with van der Waals surface area (Å²) in [5.41, 5.74) is 2.48. The van der Waals surface area contributed by atoms with Crippen molar-refractivity contribution in [2.75, 3.05) is 31.2 Å². The fraction of sp³-hybridized carbons (Fsp3) is 0.550. The lowest BCUT2D eigenvalue weighted by Crippen LogP contribution is -2.44. The quantitative estimate of drug-likeness (QED) is 0.648. The Bertz CT molecular complexity index is 1200. The summed E-state index contributed by atoms with van der Waals surface area (Å²) in [6.07, 6.45) is 2.28. The van der Waals surface area contributed by atoms with Gasteiger partial charge in [-0.2, -0.15) is 19.2 Å². The van der Waals surface area contributed by atoms with E-state index in [2.05, 4.69) is 22.0 Å². The molecule has 0 radical (unpaired) electrons. The van der Waals surface area contributed by atoms with Crippen LogP contribution in [0.3, 0.4) is 0 Å². The Balaban J connectivity index is 1.69. The van der Waals surface area contributed by atoms with E-state index >= 15 is 0 Å². The third kappa shape index (κ3) is 3.40. The molecule has 2 aliphatic heterocycles. The maximum Gasteiger partial charge on any atom is 0.216 e. The highest BCUT2D eigenvalue weighted by Gasteiger charge is 2.32. The second-order valence-corrected chi connectivity index (χ2v) is 10.9. The number of aromatic nitrogens is 5. The van der Waals surface area contributed by atoms with Gasteiger partial charge in [0.25, 0.3) is 0 Å². The molecule has 0 aromatic carbocycles. The number of nitrogens with zero attached hydrogens (tertiary/aromatic N) is 6. The summed E-state index contributed by atoms with van der Waals surface area (Å²) in [5, 5.41) is 12.4. The highest BCUT2D eigenvalue weighted by Crippen LogP contribution is 2.33. The largest absolute Gasteiger partial charge is 0.377 e. The second-order valence-electron chi connectivity index (χ2n) is 8.42. The number of morpholine rings is 1. The number of hydrogen-bond donors (Lipinski definition) is 1. The summed E-state index contributed by atoms with van der Waals surface area (Å²) in [4.78, 5) is 7.20. The Kier molecular flexibility index (Phi) is 4.98. The summed E-state index contributed by atoms with van der Waals surface area (Å²) in [5.74, 6) is 1.47. The zero-order chi connectivity index (χ0) is 21.8. The highest BCUT2D eigenvalue weighted by atomic mass is 32.2. The Morgan fingerprint density at radius 1 is 1.26 bits per heavy atom. The summed E-state index contributed by atoms with van der Waals surface area (Å²) < 4.78 is 34.9. The van der Waals surface area contributed by atoms with Gasteiger partial charge in [-0.1, -0.05) is 0 Å². The normalized spacial score (nSPS) is 20.5. The van der Waals surface area contributed by atoms with E-state index in [1.165, 1.54) is 0 Å². The molecule has 1 N–H and O–H groups in total. The average molecular weight is 446 g/mol. The van der Waals surface area contributed by atoms with Gasteiger partial charge in [-0.15, -0.1) is 0 Å². The minimum Gasteiger partial charge on any atom is -0.377 e. The highest BCUT2D eigenvalue weighted by molar-refractivity contribution is 7.89. The molecule has 0 saturated carbocycles. The van der Waals surface area contributed by atoms with Crippen molar-refractivity contribution in [2.24, 2.45) is 0 Å². The minimum absolute atomic E-state index is 0.174. The standard InChI is InChI=1S/C20H27N7O3S/c1-13(2)31(28,29)25-7-5-16-19-15(11-25)10-18(26-8-9-30-12-14(26)3)22-20(19)27(24-16)17-4-6-21-23-17/h4,6,10,13-14H,5,7-9,11-12H2,1-3H3,(H,21,23)/t14-/m1/s1. The van der Waals surface area contributed by atoms with Crippen LogP contribution in [0.5, 0.6) is 0 Å². The first-order valence-electron chi connectivity index (χ1n) is 10.6. The van der Waals surface area contributed by atoms with Crippen molar-refractivity contribution in [3.05, 3.63) is 29.6 Å². The second kappa shape index (κ2) is 7.57. The van der Waals surface area contributed by atoms with Crippen molar-refractivity contribution in [1.29, 1.82) is 0 Å². The van der Waals surface area contributed by atoms with Crippen LogP contribution in [0.25, 0.3) is 16.9 Å². The van der Waals surface area contributed by atoms with Crippen LogP contribution >= 0.6 is 0 Å². The summed E-state index contributed by atoms with van der Waals surface area (Å²) >= 11 is 0. The van der Waals surface area contributed by atoms with E-state index in [0.717, 1.165) is 29.0 Å². The van der Waals surface area contributed by atoms with Crippen LogP contribution in [0.4, 0.5) is 5.82 Å². The monoisotopic (exact) mass is 445 g/mol. The van der Waals surface area contributed by atoms with Crippen LogP contribution in [0.2, 0.25) is 0 Å². The molecule has 0 unspecified atom stereocenters. The molecule has 1 fully saturated rings. The van der Waals surface area contributed by atoms with Crippen LogP contribution in [0, 0.1) is 0 Å². The van der Waals surface area contributed by atoms with Gasteiger partial charge in [-0.05, 0) is 32.4 Å². The molecule has 0 spiro atoms. The first-order chi connectivity index (χ1) is 14.9. The molecule has 3 aromatic rings. The fourth-order valence-corrected chi connectivity index (χ4v) is 5.57. The molecule has 1 atom stereocenters. The number of rotatable bonds is 4. The summed E-state index contributed by atoms with van der Waals surface area (Å²) in [6.45, 7) is 8.26. The topological polar surface area (TPSA) is 109 Å². The van der Waals surface area contributed by atoms with Crippen LogP contribution in [-0.2, 0) is 27.7 Å². The molecule has 11 heteroatoms. The Morgan fingerprint density at radius 2 is 2.10 bits per heavy atom. The fourth-order valence-electron chi connectivity index (χ4n) is 4.31. The van der Waals surface area contributed by atoms with Crippen LogP contribution < -0.4 is 4.90 Å². The first kappa shape index (κ1) is 20.4. The van der Waals surface area contributed by atoms with Crippen molar-refractivity contribution in [3.8, 4) is 5.82 Å². The third-order valence-corrected chi connectivity index (χ3v) is 8.27. The van der Waals surface area contributed by atoms with E-state index in [4.69, 9.17) is 14.8 Å². The van der Waals surface area contributed by atoms with Crippen LogP contribution in [0.15, 0.2) is 18.3 Å². The lowest BCUT2D eigenvalue weighted by atomic mass is 10.1. The molecule has 2 aliphatic rings. The molecule has 3 aromatic heterocycles. The Hall–Kier alpha value is -2.50. The van der Waals surface area contributed by atoms with Crippen LogP contribution in [0.1, 0.15) is 32.0 Å². The molecule has 0 amide bonds. The van der Waals surface area contributed by atoms with E-state index in [9.17, 15) is 8.42 Å². The Morgan fingerprint density at radius 3 is 2.81 bits per heavy atom. The molecule has 1 saturated heterocycles. The first-order valence-corrected chi connectivity index (χ1v) is 12.1. The summed E-state index contributed by atoms with van der Waals surface area (Å²) in [6, 6.07) is 4.05. The maximum atomic E-state index is 13.0.